The van der Waals surface area contributed by atoms with E-state index in [1.165, 1.54) is 6.20 Å². The molecule has 0 bridgehead atoms. The van der Waals surface area contributed by atoms with Crippen LogP contribution in [0.4, 0.5) is 5.69 Å². The molecule has 1 N–H and O–H groups in total. The quantitative estimate of drug-likeness (QED) is 0.373. The highest BCUT2D eigenvalue weighted by Crippen LogP contribution is 2.18. The van der Waals surface area contributed by atoms with Crippen LogP contribution in [0.5, 0.6) is 0 Å². The van der Waals surface area contributed by atoms with E-state index in [-0.39, 0.29) is 11.6 Å². The van der Waals surface area contributed by atoms with Crippen molar-refractivity contribution >= 4 is 34.0 Å². The lowest BCUT2D eigenvalue weighted by molar-refractivity contribution is 0.102. The lowest BCUT2D eigenvalue weighted by Crippen LogP contribution is -2.16. The van der Waals surface area contributed by atoms with Crippen LogP contribution < -0.4 is 10.1 Å². The molecule has 0 atom stereocenters. The number of carbonyl (C=O) groups excluding carboxylic acids is 1. The second-order valence-corrected chi connectivity index (χ2v) is 8.31. The summed E-state index contributed by atoms with van der Waals surface area (Å²) in [5, 5.41) is 5.06. The van der Waals surface area contributed by atoms with Crippen molar-refractivity contribution in [2.75, 3.05) is 5.32 Å². The Balaban J connectivity index is 0.00000141. The zero-order chi connectivity index (χ0) is 24.6. The number of aromatic nitrogens is 5. The average Bonchev–Trinajstić information content (AvgIpc) is 3.54. The number of carbonyl (C=O) groups is 1. The Kier molecular flexibility index (Phi) is 7.45. The predicted octanol–water partition coefficient (Wildman–Crippen LogP) is 3.88. The summed E-state index contributed by atoms with van der Waals surface area (Å²) in [6.07, 6.45) is 15.0. The van der Waals surface area contributed by atoms with E-state index in [0.29, 0.717) is 17.7 Å². The van der Waals surface area contributed by atoms with Crippen LogP contribution in [0.25, 0.3) is 11.0 Å². The fourth-order valence-electron chi connectivity index (χ4n) is 3.44. The van der Waals surface area contributed by atoms with Gasteiger partial charge in [-0.25, -0.2) is 9.97 Å². The second-order valence-electron chi connectivity index (χ2n) is 7.48. The van der Waals surface area contributed by atoms with Gasteiger partial charge in [0.1, 0.15) is 5.69 Å². The van der Waals surface area contributed by atoms with Crippen LogP contribution in [0.3, 0.4) is 0 Å². The molecule has 8 nitrogen and oxygen atoms in total. The van der Waals surface area contributed by atoms with Gasteiger partial charge in [-0.2, -0.15) is 0 Å². The first-order chi connectivity index (χ1) is 17.2. The van der Waals surface area contributed by atoms with Crippen LogP contribution in [-0.2, 0) is 20.1 Å². The standard InChI is InChI=1S/C24H21N7OS.C2H2/c1-30-18(14-31-11-10-25-16-31)15-33-24(30)27-12-17-6-2-3-7-19(17)29-23(32)22-13-26-20-8-4-5-9-21(20)28-22;1-2/h2-11,13,15-16H,12,14H2,1H3,(H,29,32);1-2H. The van der Waals surface area contributed by atoms with E-state index in [9.17, 15) is 4.79 Å². The zero-order valence-electron chi connectivity index (χ0n) is 19.1. The fraction of sp³-hybridized carbons (Fsp3) is 0.115. The molecule has 3 heterocycles. The summed E-state index contributed by atoms with van der Waals surface area (Å²) >= 11 is 1.59. The van der Waals surface area contributed by atoms with Crippen LogP contribution in [0.2, 0.25) is 0 Å². The Hall–Kier alpha value is -4.55. The highest BCUT2D eigenvalue weighted by molar-refractivity contribution is 7.07. The molecule has 3 aromatic heterocycles. The first-order valence-corrected chi connectivity index (χ1v) is 11.6. The molecule has 0 unspecified atom stereocenters. The van der Waals surface area contributed by atoms with Crippen molar-refractivity contribution in [1.29, 1.82) is 0 Å². The van der Waals surface area contributed by atoms with Crippen molar-refractivity contribution in [2.24, 2.45) is 12.0 Å². The molecule has 0 saturated heterocycles. The molecule has 0 aliphatic carbocycles. The third-order valence-electron chi connectivity index (χ3n) is 5.25. The summed E-state index contributed by atoms with van der Waals surface area (Å²) in [6.45, 7) is 1.18. The number of benzene rings is 2. The summed E-state index contributed by atoms with van der Waals surface area (Å²) in [4.78, 5) is 31.4. The van der Waals surface area contributed by atoms with Gasteiger partial charge in [-0.1, -0.05) is 30.3 Å². The molecule has 35 heavy (non-hydrogen) atoms. The minimum absolute atomic E-state index is 0.272. The minimum atomic E-state index is -0.301. The Morgan fingerprint density at radius 2 is 1.89 bits per heavy atom. The number of hydrogen-bond donors (Lipinski definition) is 1. The van der Waals surface area contributed by atoms with E-state index < -0.39 is 0 Å². The highest BCUT2D eigenvalue weighted by atomic mass is 32.1. The number of terminal acetylenes is 1. The average molecular weight is 482 g/mol. The molecule has 5 aromatic rings. The molecule has 2 aromatic carbocycles. The van der Waals surface area contributed by atoms with E-state index in [1.807, 2.05) is 66.3 Å². The van der Waals surface area contributed by atoms with Crippen LogP contribution in [0, 0.1) is 12.8 Å². The molecule has 0 aliphatic heterocycles. The van der Waals surface area contributed by atoms with Gasteiger partial charge in [-0.15, -0.1) is 24.2 Å². The number of nitrogens with zero attached hydrogens (tertiary/aromatic N) is 6. The maximum Gasteiger partial charge on any atom is 0.275 e. The summed E-state index contributed by atoms with van der Waals surface area (Å²) in [5.41, 5.74) is 4.49. The van der Waals surface area contributed by atoms with E-state index in [1.54, 1.807) is 23.9 Å². The fourth-order valence-corrected chi connectivity index (χ4v) is 4.33. The van der Waals surface area contributed by atoms with Gasteiger partial charge in [0, 0.05) is 36.2 Å². The Morgan fingerprint density at radius 3 is 2.69 bits per heavy atom. The van der Waals surface area contributed by atoms with Crippen LogP contribution in [0.1, 0.15) is 21.7 Å². The number of fused-ring (bicyclic) bond motifs is 1. The summed E-state index contributed by atoms with van der Waals surface area (Å²) in [7, 11) is 2.01. The number of para-hydroxylation sites is 3. The monoisotopic (exact) mass is 481 g/mol. The van der Waals surface area contributed by atoms with Gasteiger partial charge >= 0.3 is 0 Å². The number of anilines is 1. The molecule has 5 rings (SSSR count). The topological polar surface area (TPSA) is 90.0 Å². The van der Waals surface area contributed by atoms with Crippen LogP contribution in [0.15, 0.2) is 83.8 Å². The normalized spacial score (nSPS) is 11.1. The van der Waals surface area contributed by atoms with Crippen molar-refractivity contribution in [3.8, 4) is 12.8 Å². The van der Waals surface area contributed by atoms with Gasteiger partial charge < -0.3 is 14.5 Å². The lowest BCUT2D eigenvalue weighted by atomic mass is 10.1. The number of nitrogens with one attached hydrogen (secondary N) is 1. The molecule has 0 saturated carbocycles. The third-order valence-corrected chi connectivity index (χ3v) is 6.26. The number of amides is 1. The molecule has 0 spiro atoms. The van der Waals surface area contributed by atoms with Gasteiger partial charge in [-0.05, 0) is 23.8 Å². The molecule has 1 amide bonds. The Morgan fingerprint density at radius 1 is 1.11 bits per heavy atom. The lowest BCUT2D eigenvalue weighted by Gasteiger charge is -2.09. The van der Waals surface area contributed by atoms with Gasteiger partial charge in [0.15, 0.2) is 4.80 Å². The maximum absolute atomic E-state index is 12.8. The molecule has 9 heteroatoms. The molecule has 174 valence electrons. The molecular formula is C26H23N7OS. The number of hydrogen-bond acceptors (Lipinski definition) is 6. The Bertz CT molecular complexity index is 1530. The van der Waals surface area contributed by atoms with Gasteiger partial charge in [-0.3, -0.25) is 14.8 Å². The van der Waals surface area contributed by atoms with Gasteiger partial charge in [0.2, 0.25) is 0 Å². The van der Waals surface area contributed by atoms with Crippen molar-refractivity contribution in [3.63, 3.8) is 0 Å². The number of thiazole rings is 1. The molecular weight excluding hydrogens is 458 g/mol. The summed E-state index contributed by atoms with van der Waals surface area (Å²) in [6, 6.07) is 15.1. The van der Waals surface area contributed by atoms with E-state index in [4.69, 9.17) is 4.99 Å². The number of rotatable bonds is 6. The summed E-state index contributed by atoms with van der Waals surface area (Å²) < 4.78 is 4.10. The van der Waals surface area contributed by atoms with Gasteiger partial charge in [0.05, 0.1) is 36.6 Å². The first-order valence-electron chi connectivity index (χ1n) is 10.7. The third kappa shape index (κ3) is 5.51. The highest BCUT2D eigenvalue weighted by Gasteiger charge is 2.12. The van der Waals surface area contributed by atoms with E-state index in [0.717, 1.165) is 28.1 Å². The van der Waals surface area contributed by atoms with E-state index >= 15 is 0 Å². The van der Waals surface area contributed by atoms with E-state index in [2.05, 4.69) is 43.1 Å². The number of imidazole rings is 1. The van der Waals surface area contributed by atoms with Crippen LogP contribution >= 0.6 is 11.3 Å². The van der Waals surface area contributed by atoms with Crippen molar-refractivity contribution in [1.82, 2.24) is 24.1 Å². The predicted molar refractivity (Wildman–Crippen MR) is 138 cm³/mol. The maximum atomic E-state index is 12.8. The van der Waals surface area contributed by atoms with Crippen molar-refractivity contribution < 1.29 is 4.79 Å². The second kappa shape index (κ2) is 11.0. The van der Waals surface area contributed by atoms with Crippen molar-refractivity contribution in [2.45, 2.75) is 13.1 Å². The minimum Gasteiger partial charge on any atom is -0.332 e. The van der Waals surface area contributed by atoms with Crippen LogP contribution in [-0.4, -0.2) is 30.0 Å². The molecule has 0 fully saturated rings. The smallest absolute Gasteiger partial charge is 0.275 e. The SMILES string of the molecule is C#C.Cn1c(Cn2ccnc2)csc1=NCc1ccccc1NC(=O)c1cnc2ccccc2n1. The largest absolute Gasteiger partial charge is 0.332 e. The Labute approximate surface area is 206 Å². The molecule has 0 radical (unpaired) electrons. The zero-order valence-corrected chi connectivity index (χ0v) is 19.9. The summed E-state index contributed by atoms with van der Waals surface area (Å²) in [5.74, 6) is -0.301. The molecule has 0 aliphatic rings. The van der Waals surface area contributed by atoms with Gasteiger partial charge in [0.25, 0.3) is 5.91 Å². The van der Waals surface area contributed by atoms with Crippen molar-refractivity contribution in [3.05, 3.63) is 101 Å². The first kappa shape index (κ1) is 23.6.